The van der Waals surface area contributed by atoms with Crippen LogP contribution in [0.3, 0.4) is 0 Å². The zero-order chi connectivity index (χ0) is 19.7. The lowest BCUT2D eigenvalue weighted by molar-refractivity contribution is -0.130. The van der Waals surface area contributed by atoms with E-state index in [4.69, 9.17) is 4.98 Å². The second kappa shape index (κ2) is 7.58. The summed E-state index contributed by atoms with van der Waals surface area (Å²) in [5.41, 5.74) is 3.16. The van der Waals surface area contributed by atoms with Gasteiger partial charge in [0.1, 0.15) is 12.1 Å². The number of nitrogens with one attached hydrogen (secondary N) is 1. The van der Waals surface area contributed by atoms with Crippen molar-refractivity contribution < 1.29 is 4.79 Å². The topological polar surface area (TPSA) is 75.9 Å². The number of hydrogen-bond acceptors (Lipinski definition) is 5. The predicted molar refractivity (Wildman–Crippen MR) is 109 cm³/mol. The summed E-state index contributed by atoms with van der Waals surface area (Å²) in [5.74, 6) is 1.92. The van der Waals surface area contributed by atoms with Gasteiger partial charge in [0.25, 0.3) is 0 Å². The summed E-state index contributed by atoms with van der Waals surface area (Å²) in [6.45, 7) is 7.49. The lowest BCUT2D eigenvalue weighted by atomic mass is 9.91. The number of nitrogens with zero attached hydrogens (tertiary/aromatic N) is 5. The Labute approximate surface area is 164 Å². The first-order valence-electron chi connectivity index (χ1n) is 9.80. The van der Waals surface area contributed by atoms with Gasteiger partial charge in [-0.1, -0.05) is 6.07 Å². The minimum absolute atomic E-state index is 0.150. The molecule has 2 atom stereocenters. The molecule has 0 saturated carbocycles. The number of aryl methyl sites for hydroxylation is 1. The Bertz CT molecular complexity index is 997. The molecule has 0 spiro atoms. The zero-order valence-corrected chi connectivity index (χ0v) is 16.6. The maximum absolute atomic E-state index is 11.7. The fourth-order valence-electron chi connectivity index (χ4n) is 3.88. The first-order valence-corrected chi connectivity index (χ1v) is 9.80. The maximum Gasteiger partial charge on any atom is 0.224 e. The van der Waals surface area contributed by atoms with Crippen molar-refractivity contribution in [3.63, 3.8) is 0 Å². The second-order valence-electron chi connectivity index (χ2n) is 7.65. The van der Waals surface area contributed by atoms with Crippen molar-refractivity contribution in [1.29, 1.82) is 0 Å². The van der Waals surface area contributed by atoms with Crippen LogP contribution < -0.4 is 5.32 Å². The molecular formula is C21H26N6O. The number of amides is 1. The molecule has 7 nitrogen and oxygen atoms in total. The Morgan fingerprint density at radius 1 is 1.29 bits per heavy atom. The number of benzene rings is 1. The third kappa shape index (κ3) is 3.69. The summed E-state index contributed by atoms with van der Waals surface area (Å²) < 4.78 is 1.98. The van der Waals surface area contributed by atoms with Gasteiger partial charge in [0.15, 0.2) is 0 Å². The number of carbonyl (C=O) groups excluding carboxylic acids is 1. The molecule has 1 aliphatic heterocycles. The highest BCUT2D eigenvalue weighted by Gasteiger charge is 2.26. The quantitative estimate of drug-likeness (QED) is 0.755. The molecule has 2 aromatic heterocycles. The summed E-state index contributed by atoms with van der Waals surface area (Å²) in [6.07, 6.45) is 5.70. The first kappa shape index (κ1) is 18.4. The summed E-state index contributed by atoms with van der Waals surface area (Å²) in [5, 5.41) is 3.44. The standard InChI is InChI=1S/C21H26N6O/c1-14-6-7-19-18(11-14)23-13-27(19)20-8-9-22-21(25-20)24-15(2)17-5-4-10-26(12-17)16(3)28/h6-9,11,13,15,17H,4-5,10,12H2,1-3H3,(H,22,24,25). The van der Waals surface area contributed by atoms with E-state index < -0.39 is 0 Å². The molecule has 1 aromatic carbocycles. The molecule has 2 unspecified atom stereocenters. The number of carbonyl (C=O) groups is 1. The van der Waals surface area contributed by atoms with Crippen molar-refractivity contribution in [2.45, 2.75) is 39.7 Å². The Hall–Kier alpha value is -2.96. The van der Waals surface area contributed by atoms with Crippen LogP contribution in [-0.2, 0) is 4.79 Å². The molecule has 7 heteroatoms. The van der Waals surface area contributed by atoms with Gasteiger partial charge in [-0.3, -0.25) is 9.36 Å². The Balaban J connectivity index is 1.53. The van der Waals surface area contributed by atoms with Gasteiger partial charge in [0.05, 0.1) is 11.0 Å². The molecular weight excluding hydrogens is 352 g/mol. The average molecular weight is 378 g/mol. The normalized spacial score (nSPS) is 18.2. The van der Waals surface area contributed by atoms with Crippen molar-refractivity contribution in [2.24, 2.45) is 5.92 Å². The van der Waals surface area contributed by atoms with E-state index in [0.29, 0.717) is 11.9 Å². The van der Waals surface area contributed by atoms with E-state index in [-0.39, 0.29) is 11.9 Å². The Kier molecular flexibility index (Phi) is 4.98. The van der Waals surface area contributed by atoms with Crippen LogP contribution in [0.1, 0.15) is 32.3 Å². The largest absolute Gasteiger partial charge is 0.351 e. The van der Waals surface area contributed by atoms with Crippen LogP contribution >= 0.6 is 0 Å². The summed E-state index contributed by atoms with van der Waals surface area (Å²) in [4.78, 5) is 27.2. The number of likely N-dealkylation sites (tertiary alicyclic amines) is 1. The monoisotopic (exact) mass is 378 g/mol. The number of anilines is 1. The molecule has 28 heavy (non-hydrogen) atoms. The van der Waals surface area contributed by atoms with E-state index in [9.17, 15) is 4.79 Å². The van der Waals surface area contributed by atoms with Crippen LogP contribution in [0.15, 0.2) is 36.8 Å². The van der Waals surface area contributed by atoms with Gasteiger partial charge in [0.2, 0.25) is 11.9 Å². The Morgan fingerprint density at radius 2 is 2.14 bits per heavy atom. The van der Waals surface area contributed by atoms with Gasteiger partial charge in [-0.05, 0) is 56.4 Å². The second-order valence-corrected chi connectivity index (χ2v) is 7.65. The van der Waals surface area contributed by atoms with Crippen LogP contribution in [0.5, 0.6) is 0 Å². The smallest absolute Gasteiger partial charge is 0.224 e. The molecule has 1 saturated heterocycles. The lowest BCUT2D eigenvalue weighted by Gasteiger charge is -2.35. The summed E-state index contributed by atoms with van der Waals surface area (Å²) in [6, 6.07) is 8.27. The van der Waals surface area contributed by atoms with Crippen LogP contribution in [0.4, 0.5) is 5.95 Å². The van der Waals surface area contributed by atoms with E-state index in [0.717, 1.165) is 42.8 Å². The molecule has 0 radical (unpaired) electrons. The van der Waals surface area contributed by atoms with Crippen molar-refractivity contribution in [2.75, 3.05) is 18.4 Å². The van der Waals surface area contributed by atoms with Crippen molar-refractivity contribution in [1.82, 2.24) is 24.4 Å². The highest BCUT2D eigenvalue weighted by atomic mass is 16.2. The number of hydrogen-bond donors (Lipinski definition) is 1. The predicted octanol–water partition coefficient (Wildman–Crippen LogP) is 3.18. The number of rotatable bonds is 4. The van der Waals surface area contributed by atoms with E-state index in [1.165, 1.54) is 5.56 Å². The highest BCUT2D eigenvalue weighted by molar-refractivity contribution is 5.77. The maximum atomic E-state index is 11.7. The van der Waals surface area contributed by atoms with Crippen LogP contribution in [-0.4, -0.2) is 49.5 Å². The molecule has 0 aliphatic carbocycles. The first-order chi connectivity index (χ1) is 13.5. The molecule has 1 aliphatic rings. The van der Waals surface area contributed by atoms with Crippen LogP contribution in [0.2, 0.25) is 0 Å². The van der Waals surface area contributed by atoms with Crippen molar-refractivity contribution >= 4 is 22.9 Å². The van der Waals surface area contributed by atoms with E-state index >= 15 is 0 Å². The van der Waals surface area contributed by atoms with Crippen LogP contribution in [0, 0.1) is 12.8 Å². The minimum atomic E-state index is 0.150. The number of imidazole rings is 1. The lowest BCUT2D eigenvalue weighted by Crippen LogP contribution is -2.44. The third-order valence-electron chi connectivity index (χ3n) is 5.56. The zero-order valence-electron chi connectivity index (χ0n) is 16.6. The fraction of sp³-hybridized carbons (Fsp3) is 0.429. The molecule has 1 amide bonds. The third-order valence-corrected chi connectivity index (χ3v) is 5.56. The van der Waals surface area contributed by atoms with Crippen molar-refractivity contribution in [3.05, 3.63) is 42.4 Å². The molecule has 4 rings (SSSR count). The fourth-order valence-corrected chi connectivity index (χ4v) is 3.88. The van der Waals surface area contributed by atoms with Gasteiger partial charge in [0, 0.05) is 32.3 Å². The van der Waals surface area contributed by atoms with E-state index in [2.05, 4.69) is 47.3 Å². The van der Waals surface area contributed by atoms with Gasteiger partial charge >= 0.3 is 0 Å². The van der Waals surface area contributed by atoms with E-state index in [1.807, 2.05) is 15.5 Å². The molecule has 1 fully saturated rings. The van der Waals surface area contributed by atoms with Gasteiger partial charge in [-0.15, -0.1) is 0 Å². The van der Waals surface area contributed by atoms with E-state index in [1.54, 1.807) is 19.4 Å². The number of fused-ring (bicyclic) bond motifs is 1. The Morgan fingerprint density at radius 3 is 2.96 bits per heavy atom. The average Bonchev–Trinajstić information content (AvgIpc) is 3.11. The molecule has 1 N–H and O–H groups in total. The van der Waals surface area contributed by atoms with Crippen molar-refractivity contribution in [3.8, 4) is 5.82 Å². The summed E-state index contributed by atoms with van der Waals surface area (Å²) >= 11 is 0. The molecule has 3 heterocycles. The SMILES string of the molecule is CC(=O)N1CCCC(C(C)Nc2nccc(-n3cnc4cc(C)ccc43)n2)C1. The molecule has 0 bridgehead atoms. The highest BCUT2D eigenvalue weighted by Crippen LogP contribution is 2.23. The molecule has 3 aromatic rings. The number of piperidine rings is 1. The van der Waals surface area contributed by atoms with Gasteiger partial charge < -0.3 is 10.2 Å². The van der Waals surface area contributed by atoms with Gasteiger partial charge in [-0.2, -0.15) is 4.98 Å². The molecule has 146 valence electrons. The number of aromatic nitrogens is 4. The van der Waals surface area contributed by atoms with Crippen LogP contribution in [0.25, 0.3) is 16.9 Å². The minimum Gasteiger partial charge on any atom is -0.351 e. The summed E-state index contributed by atoms with van der Waals surface area (Å²) in [7, 11) is 0. The van der Waals surface area contributed by atoms with Gasteiger partial charge in [-0.25, -0.2) is 9.97 Å².